The highest BCUT2D eigenvalue weighted by Crippen LogP contribution is 2.29. The molecule has 4 rings (SSSR count). The first-order valence-electron chi connectivity index (χ1n) is 8.30. The number of ether oxygens (including phenoxy) is 1. The lowest BCUT2D eigenvalue weighted by atomic mass is 10.1. The summed E-state index contributed by atoms with van der Waals surface area (Å²) in [6.45, 7) is 2.01. The maximum atomic E-state index is 6.11. The Morgan fingerprint density at radius 3 is 2.58 bits per heavy atom. The second kappa shape index (κ2) is 6.45. The Bertz CT molecular complexity index is 845. The monoisotopic (exact) mass is 320 g/mol. The van der Waals surface area contributed by atoms with Crippen molar-refractivity contribution in [3.8, 4) is 17.0 Å². The third kappa shape index (κ3) is 3.03. The van der Waals surface area contributed by atoms with Crippen molar-refractivity contribution in [2.45, 2.75) is 18.9 Å². The predicted molar refractivity (Wildman–Crippen MR) is 95.9 cm³/mol. The summed E-state index contributed by atoms with van der Waals surface area (Å²) < 4.78 is 6.11. The van der Waals surface area contributed by atoms with Gasteiger partial charge in [0.05, 0.1) is 11.2 Å². The van der Waals surface area contributed by atoms with E-state index in [0.717, 1.165) is 53.8 Å². The molecule has 2 heterocycles. The number of benzene rings is 2. The zero-order valence-electron chi connectivity index (χ0n) is 13.4. The highest BCUT2D eigenvalue weighted by Gasteiger charge is 2.15. The van der Waals surface area contributed by atoms with E-state index in [-0.39, 0.29) is 12.1 Å². The Balaban J connectivity index is 1.72. The van der Waals surface area contributed by atoms with E-state index in [1.54, 1.807) is 0 Å². The fourth-order valence-electron chi connectivity index (χ4n) is 3.12. The molecule has 5 nitrogen and oxygen atoms in total. The quantitative estimate of drug-likeness (QED) is 0.776. The van der Waals surface area contributed by atoms with E-state index in [1.807, 2.05) is 48.5 Å². The van der Waals surface area contributed by atoms with Crippen molar-refractivity contribution in [1.29, 1.82) is 0 Å². The molecule has 0 amide bonds. The third-order valence-electron chi connectivity index (χ3n) is 4.32. The summed E-state index contributed by atoms with van der Waals surface area (Å²) >= 11 is 0. The molecule has 2 aromatic carbocycles. The first kappa shape index (κ1) is 14.9. The molecule has 1 aliphatic rings. The normalized spacial score (nSPS) is 15.5. The number of nitrogen functional groups attached to an aromatic ring is 1. The lowest BCUT2D eigenvalue weighted by Gasteiger charge is -2.24. The van der Waals surface area contributed by atoms with Crippen LogP contribution in [0.3, 0.4) is 0 Å². The molecule has 5 heteroatoms. The van der Waals surface area contributed by atoms with Gasteiger partial charge in [-0.05, 0) is 38.1 Å². The zero-order chi connectivity index (χ0) is 16.4. The molecule has 0 saturated carbocycles. The van der Waals surface area contributed by atoms with Gasteiger partial charge in [0.1, 0.15) is 11.9 Å². The SMILES string of the molecule is Nc1nc(-c2ccccc2)c2ccc(OC3CCNCC3)cc2n1. The molecular formula is C19H20N4O. The van der Waals surface area contributed by atoms with E-state index in [0.29, 0.717) is 0 Å². The summed E-state index contributed by atoms with van der Waals surface area (Å²) in [6, 6.07) is 16.0. The van der Waals surface area contributed by atoms with E-state index in [1.165, 1.54) is 0 Å². The Labute approximate surface area is 140 Å². The summed E-state index contributed by atoms with van der Waals surface area (Å²) in [5.74, 6) is 1.12. The number of rotatable bonds is 3. The van der Waals surface area contributed by atoms with E-state index in [4.69, 9.17) is 10.5 Å². The van der Waals surface area contributed by atoms with Gasteiger partial charge in [0, 0.05) is 17.0 Å². The van der Waals surface area contributed by atoms with Crippen LogP contribution in [0.15, 0.2) is 48.5 Å². The van der Waals surface area contributed by atoms with Crippen LogP contribution in [0.2, 0.25) is 0 Å². The van der Waals surface area contributed by atoms with Gasteiger partial charge in [0.2, 0.25) is 5.95 Å². The second-order valence-corrected chi connectivity index (χ2v) is 6.04. The highest BCUT2D eigenvalue weighted by molar-refractivity contribution is 5.93. The number of anilines is 1. The van der Waals surface area contributed by atoms with Crippen LogP contribution in [0.5, 0.6) is 5.75 Å². The summed E-state index contributed by atoms with van der Waals surface area (Å²) in [7, 11) is 0. The first-order valence-corrected chi connectivity index (χ1v) is 8.30. The van der Waals surface area contributed by atoms with Crippen LogP contribution in [0.1, 0.15) is 12.8 Å². The molecule has 0 radical (unpaired) electrons. The van der Waals surface area contributed by atoms with Gasteiger partial charge in [-0.15, -0.1) is 0 Å². The number of nitrogens with one attached hydrogen (secondary N) is 1. The number of fused-ring (bicyclic) bond motifs is 1. The lowest BCUT2D eigenvalue weighted by molar-refractivity contribution is 0.162. The van der Waals surface area contributed by atoms with Crippen molar-refractivity contribution in [2.24, 2.45) is 0 Å². The Morgan fingerprint density at radius 1 is 1.00 bits per heavy atom. The van der Waals surface area contributed by atoms with Crippen molar-refractivity contribution in [1.82, 2.24) is 15.3 Å². The van der Waals surface area contributed by atoms with E-state index in [2.05, 4.69) is 15.3 Å². The van der Waals surface area contributed by atoms with Crippen LogP contribution < -0.4 is 15.8 Å². The summed E-state index contributed by atoms with van der Waals surface area (Å²) in [5.41, 5.74) is 8.62. The second-order valence-electron chi connectivity index (χ2n) is 6.04. The third-order valence-corrected chi connectivity index (χ3v) is 4.32. The molecule has 0 atom stereocenters. The minimum Gasteiger partial charge on any atom is -0.490 e. The molecule has 1 aromatic heterocycles. The van der Waals surface area contributed by atoms with E-state index in [9.17, 15) is 0 Å². The van der Waals surface area contributed by atoms with Crippen molar-refractivity contribution >= 4 is 16.9 Å². The average molecular weight is 320 g/mol. The topological polar surface area (TPSA) is 73.1 Å². The van der Waals surface area contributed by atoms with Gasteiger partial charge in [-0.25, -0.2) is 9.97 Å². The Hall–Kier alpha value is -2.66. The highest BCUT2D eigenvalue weighted by atomic mass is 16.5. The van der Waals surface area contributed by atoms with Gasteiger partial charge in [0.25, 0.3) is 0 Å². The molecule has 1 saturated heterocycles. The van der Waals surface area contributed by atoms with Crippen molar-refractivity contribution < 1.29 is 4.74 Å². The summed E-state index contributed by atoms with van der Waals surface area (Å²) in [6.07, 6.45) is 2.31. The van der Waals surface area contributed by atoms with Crippen molar-refractivity contribution in [2.75, 3.05) is 18.8 Å². The first-order chi connectivity index (χ1) is 11.8. The molecule has 1 aliphatic heterocycles. The number of hydrogen-bond acceptors (Lipinski definition) is 5. The van der Waals surface area contributed by atoms with E-state index >= 15 is 0 Å². The molecule has 24 heavy (non-hydrogen) atoms. The predicted octanol–water partition coefficient (Wildman–Crippen LogP) is 3.01. The zero-order valence-corrected chi connectivity index (χ0v) is 13.4. The van der Waals surface area contributed by atoms with Crippen LogP contribution in [0.25, 0.3) is 22.2 Å². The number of hydrogen-bond donors (Lipinski definition) is 2. The molecule has 0 spiro atoms. The average Bonchev–Trinajstić information content (AvgIpc) is 2.62. The van der Waals surface area contributed by atoms with Gasteiger partial charge >= 0.3 is 0 Å². The fraction of sp³-hybridized carbons (Fsp3) is 0.263. The standard InChI is InChI=1S/C19H20N4O/c20-19-22-17-12-15(24-14-8-10-21-11-9-14)6-7-16(17)18(23-19)13-4-2-1-3-5-13/h1-7,12,14,21H,8-11H2,(H2,20,22,23). The molecule has 3 aromatic rings. The van der Waals surface area contributed by atoms with Crippen LogP contribution in [-0.2, 0) is 0 Å². The Kier molecular flexibility index (Phi) is 4.01. The molecule has 122 valence electrons. The van der Waals surface area contributed by atoms with Crippen molar-refractivity contribution in [3.05, 3.63) is 48.5 Å². The fourth-order valence-corrected chi connectivity index (χ4v) is 3.12. The maximum Gasteiger partial charge on any atom is 0.221 e. The molecular weight excluding hydrogens is 300 g/mol. The molecule has 3 N–H and O–H groups in total. The van der Waals surface area contributed by atoms with Gasteiger partial charge in [-0.1, -0.05) is 30.3 Å². The lowest BCUT2D eigenvalue weighted by Crippen LogP contribution is -2.34. The Morgan fingerprint density at radius 2 is 1.79 bits per heavy atom. The molecule has 0 unspecified atom stereocenters. The largest absolute Gasteiger partial charge is 0.490 e. The molecule has 0 bridgehead atoms. The van der Waals surface area contributed by atoms with Crippen LogP contribution in [-0.4, -0.2) is 29.2 Å². The van der Waals surface area contributed by atoms with Crippen LogP contribution in [0, 0.1) is 0 Å². The van der Waals surface area contributed by atoms with Gasteiger partial charge in [-0.2, -0.15) is 0 Å². The minimum atomic E-state index is 0.261. The van der Waals surface area contributed by atoms with Crippen LogP contribution in [0.4, 0.5) is 5.95 Å². The maximum absolute atomic E-state index is 6.11. The number of piperidine rings is 1. The molecule has 1 fully saturated rings. The number of nitrogens with two attached hydrogens (primary N) is 1. The number of nitrogens with zero attached hydrogens (tertiary/aromatic N) is 2. The number of aromatic nitrogens is 2. The summed E-state index contributed by atoms with van der Waals surface area (Å²) in [5, 5.41) is 4.33. The minimum absolute atomic E-state index is 0.261. The van der Waals surface area contributed by atoms with Gasteiger partial charge in [-0.3, -0.25) is 0 Å². The smallest absolute Gasteiger partial charge is 0.221 e. The van der Waals surface area contributed by atoms with Crippen molar-refractivity contribution in [3.63, 3.8) is 0 Å². The molecule has 0 aliphatic carbocycles. The van der Waals surface area contributed by atoms with E-state index < -0.39 is 0 Å². The summed E-state index contributed by atoms with van der Waals surface area (Å²) in [4.78, 5) is 8.82. The van der Waals surface area contributed by atoms with Gasteiger partial charge < -0.3 is 15.8 Å². The van der Waals surface area contributed by atoms with Gasteiger partial charge in [0.15, 0.2) is 0 Å². The van der Waals surface area contributed by atoms with Crippen LogP contribution >= 0.6 is 0 Å².